The fourth-order valence-electron chi connectivity index (χ4n) is 0.662. The molecule has 2 N–H and O–H groups in total. The van der Waals surface area contributed by atoms with E-state index in [1.165, 1.54) is 4.90 Å². The van der Waals surface area contributed by atoms with Gasteiger partial charge in [0.05, 0.1) is 6.54 Å². The van der Waals surface area contributed by atoms with Crippen molar-refractivity contribution in [3.63, 3.8) is 0 Å². The SMILES string of the molecule is CCCN(CC#CI)C(N)=O. The van der Waals surface area contributed by atoms with Crippen LogP contribution in [0.5, 0.6) is 0 Å². The van der Waals surface area contributed by atoms with Crippen LogP contribution in [0, 0.1) is 9.85 Å². The molecule has 0 rings (SSSR count). The van der Waals surface area contributed by atoms with E-state index in [4.69, 9.17) is 5.73 Å². The monoisotopic (exact) mass is 266 g/mol. The van der Waals surface area contributed by atoms with E-state index in [1.54, 1.807) is 0 Å². The van der Waals surface area contributed by atoms with E-state index in [9.17, 15) is 4.79 Å². The van der Waals surface area contributed by atoms with Crippen molar-refractivity contribution in [1.82, 2.24) is 4.90 Å². The van der Waals surface area contributed by atoms with Crippen LogP contribution in [-0.4, -0.2) is 24.0 Å². The maximum atomic E-state index is 10.7. The Hall–Kier alpha value is -0.440. The zero-order chi connectivity index (χ0) is 8.69. The molecule has 11 heavy (non-hydrogen) atoms. The van der Waals surface area contributed by atoms with Gasteiger partial charge in [-0.1, -0.05) is 12.8 Å². The largest absolute Gasteiger partial charge is 0.351 e. The van der Waals surface area contributed by atoms with Crippen LogP contribution in [0.4, 0.5) is 4.79 Å². The first-order chi connectivity index (χ1) is 5.22. The lowest BCUT2D eigenvalue weighted by atomic mass is 10.4. The fraction of sp³-hybridized carbons (Fsp3) is 0.571. The van der Waals surface area contributed by atoms with Crippen LogP contribution in [0.25, 0.3) is 0 Å². The number of carbonyl (C=O) groups is 1. The van der Waals surface area contributed by atoms with Crippen molar-refractivity contribution < 1.29 is 4.79 Å². The van der Waals surface area contributed by atoms with Gasteiger partial charge < -0.3 is 10.6 Å². The van der Waals surface area contributed by atoms with Crippen molar-refractivity contribution in [2.24, 2.45) is 5.73 Å². The zero-order valence-electron chi connectivity index (χ0n) is 6.43. The third kappa shape index (κ3) is 4.90. The normalized spacial score (nSPS) is 8.18. The quantitative estimate of drug-likeness (QED) is 0.605. The third-order valence-corrected chi connectivity index (χ3v) is 1.52. The van der Waals surface area contributed by atoms with Crippen molar-refractivity contribution in [3.05, 3.63) is 0 Å². The van der Waals surface area contributed by atoms with Crippen LogP contribution in [0.2, 0.25) is 0 Å². The van der Waals surface area contributed by atoms with Crippen LogP contribution in [0.1, 0.15) is 13.3 Å². The molecule has 0 aliphatic carbocycles. The molecule has 0 saturated carbocycles. The van der Waals surface area contributed by atoms with Crippen LogP contribution in [0.3, 0.4) is 0 Å². The van der Waals surface area contributed by atoms with Crippen LogP contribution in [-0.2, 0) is 0 Å². The molecule has 0 spiro atoms. The van der Waals surface area contributed by atoms with Gasteiger partial charge in [-0.15, -0.1) is 0 Å². The van der Waals surface area contributed by atoms with Crippen molar-refractivity contribution in [2.45, 2.75) is 13.3 Å². The van der Waals surface area contributed by atoms with Crippen molar-refractivity contribution >= 4 is 28.6 Å². The number of nitrogens with two attached hydrogens (primary N) is 1. The van der Waals surface area contributed by atoms with Gasteiger partial charge in [0.25, 0.3) is 0 Å². The summed E-state index contributed by atoms with van der Waals surface area (Å²) in [4.78, 5) is 12.2. The molecule has 0 aromatic heterocycles. The summed E-state index contributed by atoms with van der Waals surface area (Å²) in [5.74, 6) is 2.78. The summed E-state index contributed by atoms with van der Waals surface area (Å²) in [6, 6.07) is -0.397. The van der Waals surface area contributed by atoms with Gasteiger partial charge in [-0.3, -0.25) is 0 Å². The number of primary amides is 1. The Morgan fingerprint density at radius 3 is 2.73 bits per heavy atom. The van der Waals surface area contributed by atoms with Gasteiger partial charge in [0.1, 0.15) is 0 Å². The molecule has 0 saturated heterocycles. The Kier molecular flexibility index (Phi) is 6.03. The highest BCUT2D eigenvalue weighted by molar-refractivity contribution is 14.1. The molecule has 3 nitrogen and oxygen atoms in total. The molecular formula is C7H11IN2O. The van der Waals surface area contributed by atoms with Crippen LogP contribution >= 0.6 is 22.6 Å². The number of hydrogen-bond donors (Lipinski definition) is 1. The summed E-state index contributed by atoms with van der Waals surface area (Å²) in [5.41, 5.74) is 5.08. The fourth-order valence-corrected chi connectivity index (χ4v) is 0.833. The first kappa shape index (κ1) is 10.6. The van der Waals surface area contributed by atoms with E-state index >= 15 is 0 Å². The second-order valence-corrected chi connectivity index (χ2v) is 2.57. The highest BCUT2D eigenvalue weighted by atomic mass is 127. The predicted molar refractivity (Wildman–Crippen MR) is 53.2 cm³/mol. The first-order valence-corrected chi connectivity index (χ1v) is 4.43. The molecule has 0 aliphatic heterocycles. The molecule has 0 atom stereocenters. The minimum Gasteiger partial charge on any atom is -0.351 e. The second-order valence-electron chi connectivity index (χ2n) is 2.03. The summed E-state index contributed by atoms with van der Waals surface area (Å²) in [7, 11) is 0. The van der Waals surface area contributed by atoms with Gasteiger partial charge in [0.15, 0.2) is 0 Å². The number of amides is 2. The van der Waals surface area contributed by atoms with Gasteiger partial charge in [0, 0.05) is 29.1 Å². The van der Waals surface area contributed by atoms with Crippen molar-refractivity contribution in [1.29, 1.82) is 0 Å². The number of nitrogens with zero attached hydrogens (tertiary/aromatic N) is 1. The standard InChI is InChI=1S/C7H11IN2O/c1-2-5-10(7(9)11)6-3-4-8/h2,5-6H2,1H3,(H2,9,11). The van der Waals surface area contributed by atoms with Gasteiger partial charge in [-0.25, -0.2) is 4.79 Å². The average Bonchev–Trinajstić information content (AvgIpc) is 1.97. The molecule has 2 amide bonds. The molecular weight excluding hydrogens is 255 g/mol. The predicted octanol–water partition coefficient (Wildman–Crippen LogP) is 1.17. The molecule has 0 radical (unpaired) electrons. The molecule has 0 heterocycles. The molecule has 0 bridgehead atoms. The van der Waals surface area contributed by atoms with Gasteiger partial charge in [0.2, 0.25) is 0 Å². The number of rotatable bonds is 3. The van der Waals surface area contributed by atoms with Crippen LogP contribution < -0.4 is 5.73 Å². The lowest BCUT2D eigenvalue weighted by Gasteiger charge is -2.15. The van der Waals surface area contributed by atoms with Gasteiger partial charge >= 0.3 is 6.03 Å². The Morgan fingerprint density at radius 2 is 2.36 bits per heavy atom. The van der Waals surface area contributed by atoms with E-state index in [2.05, 4.69) is 9.85 Å². The Bertz CT molecular complexity index is 183. The second kappa shape index (κ2) is 6.28. The van der Waals surface area contributed by atoms with E-state index < -0.39 is 6.03 Å². The minimum atomic E-state index is -0.397. The Labute approximate surface area is 80.5 Å². The number of hydrogen-bond acceptors (Lipinski definition) is 1. The van der Waals surface area contributed by atoms with Gasteiger partial charge in [-0.2, -0.15) is 0 Å². The molecule has 0 fully saturated rings. The highest BCUT2D eigenvalue weighted by Crippen LogP contribution is 1.89. The summed E-state index contributed by atoms with van der Waals surface area (Å²) in [5, 5.41) is 0. The molecule has 0 aromatic carbocycles. The molecule has 4 heteroatoms. The average molecular weight is 266 g/mol. The molecule has 0 unspecified atom stereocenters. The van der Waals surface area contributed by atoms with Crippen molar-refractivity contribution in [3.8, 4) is 9.85 Å². The maximum absolute atomic E-state index is 10.7. The lowest BCUT2D eigenvalue weighted by molar-refractivity contribution is 0.214. The zero-order valence-corrected chi connectivity index (χ0v) is 8.59. The van der Waals surface area contributed by atoms with E-state index in [0.29, 0.717) is 13.1 Å². The lowest BCUT2D eigenvalue weighted by Crippen LogP contribution is -2.36. The maximum Gasteiger partial charge on any atom is 0.315 e. The number of halogens is 1. The summed E-state index contributed by atoms with van der Waals surface area (Å²) in [6.07, 6.45) is 0.909. The molecule has 62 valence electrons. The summed E-state index contributed by atoms with van der Waals surface area (Å²) < 4.78 is 2.68. The number of carbonyl (C=O) groups excluding carboxylic acids is 1. The van der Waals surface area contributed by atoms with Crippen LogP contribution in [0.15, 0.2) is 0 Å². The Balaban J connectivity index is 3.85. The highest BCUT2D eigenvalue weighted by Gasteiger charge is 2.04. The Morgan fingerprint density at radius 1 is 1.73 bits per heavy atom. The summed E-state index contributed by atoms with van der Waals surface area (Å²) in [6.45, 7) is 3.11. The smallest absolute Gasteiger partial charge is 0.315 e. The van der Waals surface area contributed by atoms with Crippen molar-refractivity contribution in [2.75, 3.05) is 13.1 Å². The third-order valence-electron chi connectivity index (χ3n) is 1.14. The molecule has 0 aromatic rings. The van der Waals surface area contributed by atoms with E-state index in [-0.39, 0.29) is 0 Å². The first-order valence-electron chi connectivity index (χ1n) is 3.35. The minimum absolute atomic E-state index is 0.397. The van der Waals surface area contributed by atoms with E-state index in [1.807, 2.05) is 29.5 Å². The number of urea groups is 1. The van der Waals surface area contributed by atoms with E-state index in [0.717, 1.165) is 6.42 Å². The topological polar surface area (TPSA) is 46.3 Å². The van der Waals surface area contributed by atoms with Gasteiger partial charge in [-0.05, 0) is 10.3 Å². The summed E-state index contributed by atoms with van der Waals surface area (Å²) >= 11 is 1.93. The molecule has 0 aliphatic rings.